The van der Waals surface area contributed by atoms with Gasteiger partial charge in [0.25, 0.3) is 0 Å². The summed E-state index contributed by atoms with van der Waals surface area (Å²) in [7, 11) is 0. The molecule has 94 valence electrons. The van der Waals surface area contributed by atoms with E-state index in [9.17, 15) is 4.39 Å². The zero-order valence-electron chi connectivity index (χ0n) is 10.2. The summed E-state index contributed by atoms with van der Waals surface area (Å²) in [6, 6.07) is 10.3. The second kappa shape index (κ2) is 6.00. The Morgan fingerprint density at radius 1 is 1.22 bits per heavy atom. The highest BCUT2D eigenvalue weighted by atomic mass is 19.1. The number of rotatable bonds is 5. The summed E-state index contributed by atoms with van der Waals surface area (Å²) in [5.74, 6) is 0.503. The third kappa shape index (κ3) is 3.20. The maximum Gasteiger partial charge on any atom is 0.146 e. The molecule has 0 unspecified atom stereocenters. The van der Waals surface area contributed by atoms with E-state index in [4.69, 9.17) is 4.74 Å². The predicted molar refractivity (Wildman–Crippen MR) is 69.4 cm³/mol. The minimum absolute atomic E-state index is 0.255. The van der Waals surface area contributed by atoms with Gasteiger partial charge >= 0.3 is 0 Å². The minimum atomic E-state index is -0.255. The van der Waals surface area contributed by atoms with Gasteiger partial charge in [0, 0.05) is 12.7 Å². The van der Waals surface area contributed by atoms with Crippen LogP contribution in [0, 0.1) is 12.7 Å². The molecule has 1 N–H and O–H groups in total. The third-order valence-electron chi connectivity index (χ3n) is 2.51. The second-order valence-corrected chi connectivity index (χ2v) is 3.84. The lowest BCUT2D eigenvalue weighted by Gasteiger charge is -2.10. The molecule has 0 radical (unpaired) electrons. The van der Waals surface area contributed by atoms with Gasteiger partial charge < -0.3 is 10.1 Å². The second-order valence-electron chi connectivity index (χ2n) is 3.84. The van der Waals surface area contributed by atoms with Gasteiger partial charge in [0.05, 0.1) is 11.4 Å². The Bertz CT molecular complexity index is 469. The molecule has 1 aromatic carbocycles. The largest absolute Gasteiger partial charge is 0.490 e. The molecule has 0 aliphatic heterocycles. The van der Waals surface area contributed by atoms with Gasteiger partial charge in [-0.2, -0.15) is 0 Å². The van der Waals surface area contributed by atoms with Crippen LogP contribution in [0.15, 0.2) is 42.6 Å². The number of hydrogen-bond acceptors (Lipinski definition) is 3. The van der Waals surface area contributed by atoms with E-state index in [2.05, 4.69) is 10.3 Å². The molecule has 0 amide bonds. The summed E-state index contributed by atoms with van der Waals surface area (Å²) in [5, 5.41) is 2.98. The summed E-state index contributed by atoms with van der Waals surface area (Å²) < 4.78 is 18.8. The number of aryl methyl sites for hydroxylation is 1. The lowest BCUT2D eigenvalue weighted by atomic mass is 10.3. The van der Waals surface area contributed by atoms with Crippen molar-refractivity contribution in [2.24, 2.45) is 0 Å². The summed E-state index contributed by atoms with van der Waals surface area (Å²) in [6.07, 6.45) is 1.72. The monoisotopic (exact) mass is 246 g/mol. The first-order valence-electron chi connectivity index (χ1n) is 5.80. The van der Waals surface area contributed by atoms with Gasteiger partial charge in [-0.05, 0) is 31.2 Å². The van der Waals surface area contributed by atoms with Crippen LogP contribution in [0.5, 0.6) is 5.75 Å². The molecular formula is C14H15FN2O. The lowest BCUT2D eigenvalue weighted by molar-refractivity contribution is 0.329. The van der Waals surface area contributed by atoms with E-state index in [-0.39, 0.29) is 5.82 Å². The van der Waals surface area contributed by atoms with E-state index in [0.717, 1.165) is 11.4 Å². The average Bonchev–Trinajstić information content (AvgIpc) is 2.38. The number of ether oxygens (including phenoxy) is 1. The fourth-order valence-corrected chi connectivity index (χ4v) is 1.57. The number of halogens is 1. The highest BCUT2D eigenvalue weighted by Crippen LogP contribution is 2.14. The highest BCUT2D eigenvalue weighted by molar-refractivity contribution is 5.44. The summed E-state index contributed by atoms with van der Waals surface area (Å²) in [4.78, 5) is 4.12. The first-order chi connectivity index (χ1) is 8.77. The van der Waals surface area contributed by atoms with Crippen LogP contribution in [0.4, 0.5) is 10.1 Å². The van der Waals surface area contributed by atoms with Crippen LogP contribution in [0.3, 0.4) is 0 Å². The summed E-state index contributed by atoms with van der Waals surface area (Å²) in [5.41, 5.74) is 1.34. The number of nitrogens with zero attached hydrogens (tertiary/aromatic N) is 1. The molecule has 1 heterocycles. The fourth-order valence-electron chi connectivity index (χ4n) is 1.57. The fraction of sp³-hybridized carbons (Fsp3) is 0.214. The molecule has 0 saturated heterocycles. The average molecular weight is 246 g/mol. The molecule has 18 heavy (non-hydrogen) atoms. The Morgan fingerprint density at radius 2 is 2.06 bits per heavy atom. The summed E-state index contributed by atoms with van der Waals surface area (Å²) >= 11 is 0. The van der Waals surface area contributed by atoms with E-state index in [0.29, 0.717) is 18.8 Å². The number of para-hydroxylation sites is 1. The summed E-state index contributed by atoms with van der Waals surface area (Å²) in [6.45, 7) is 2.88. The smallest absolute Gasteiger partial charge is 0.146 e. The van der Waals surface area contributed by atoms with Crippen molar-refractivity contribution in [3.63, 3.8) is 0 Å². The highest BCUT2D eigenvalue weighted by Gasteiger charge is 2.00. The Morgan fingerprint density at radius 3 is 2.83 bits per heavy atom. The van der Waals surface area contributed by atoms with Gasteiger partial charge in [-0.15, -0.1) is 0 Å². The minimum Gasteiger partial charge on any atom is -0.490 e. The number of pyridine rings is 1. The van der Waals surface area contributed by atoms with Crippen molar-refractivity contribution >= 4 is 5.69 Å². The Labute approximate surface area is 106 Å². The van der Waals surface area contributed by atoms with Gasteiger partial charge in [0.15, 0.2) is 0 Å². The molecular weight excluding hydrogens is 231 g/mol. The Balaban J connectivity index is 1.80. The molecule has 2 aromatic rings. The maximum atomic E-state index is 13.3. The van der Waals surface area contributed by atoms with Crippen molar-refractivity contribution in [2.75, 3.05) is 18.5 Å². The standard InChI is InChI=1S/C14H15FN2O/c1-11-14(7-4-8-16-11)18-10-9-17-13-6-3-2-5-12(13)15/h2-8,17H,9-10H2,1H3. The third-order valence-corrected chi connectivity index (χ3v) is 2.51. The zero-order chi connectivity index (χ0) is 12.8. The molecule has 2 rings (SSSR count). The molecule has 0 fully saturated rings. The lowest BCUT2D eigenvalue weighted by Crippen LogP contribution is -2.12. The van der Waals surface area contributed by atoms with E-state index >= 15 is 0 Å². The predicted octanol–water partition coefficient (Wildman–Crippen LogP) is 3.02. The zero-order valence-corrected chi connectivity index (χ0v) is 10.2. The quantitative estimate of drug-likeness (QED) is 0.823. The number of nitrogens with one attached hydrogen (secondary N) is 1. The van der Waals surface area contributed by atoms with E-state index in [1.165, 1.54) is 6.07 Å². The van der Waals surface area contributed by atoms with Crippen LogP contribution < -0.4 is 10.1 Å². The van der Waals surface area contributed by atoms with Gasteiger partial charge in [-0.25, -0.2) is 4.39 Å². The van der Waals surface area contributed by atoms with Crippen molar-refractivity contribution < 1.29 is 9.13 Å². The molecule has 0 bridgehead atoms. The SMILES string of the molecule is Cc1ncccc1OCCNc1ccccc1F. The number of benzene rings is 1. The molecule has 0 atom stereocenters. The van der Waals surface area contributed by atoms with E-state index < -0.39 is 0 Å². The van der Waals surface area contributed by atoms with Crippen LogP contribution in [-0.2, 0) is 0 Å². The van der Waals surface area contributed by atoms with Gasteiger partial charge in [0.1, 0.15) is 18.2 Å². The molecule has 0 aliphatic rings. The van der Waals surface area contributed by atoms with E-state index in [1.807, 2.05) is 19.1 Å². The molecule has 0 aliphatic carbocycles. The molecule has 0 saturated carbocycles. The van der Waals surface area contributed by atoms with Gasteiger partial charge in [-0.1, -0.05) is 12.1 Å². The van der Waals surface area contributed by atoms with Crippen molar-refractivity contribution in [2.45, 2.75) is 6.92 Å². The van der Waals surface area contributed by atoms with Crippen LogP contribution in [0.25, 0.3) is 0 Å². The van der Waals surface area contributed by atoms with Crippen LogP contribution in [-0.4, -0.2) is 18.1 Å². The number of anilines is 1. The van der Waals surface area contributed by atoms with E-state index in [1.54, 1.807) is 24.4 Å². The van der Waals surface area contributed by atoms with Crippen LogP contribution >= 0.6 is 0 Å². The molecule has 3 nitrogen and oxygen atoms in total. The molecule has 1 aromatic heterocycles. The number of aromatic nitrogens is 1. The van der Waals surface area contributed by atoms with Gasteiger partial charge in [0.2, 0.25) is 0 Å². The van der Waals surface area contributed by atoms with Crippen LogP contribution in [0.1, 0.15) is 5.69 Å². The maximum absolute atomic E-state index is 13.3. The first-order valence-corrected chi connectivity index (χ1v) is 5.80. The van der Waals surface area contributed by atoms with Crippen molar-refractivity contribution in [1.29, 1.82) is 0 Å². The van der Waals surface area contributed by atoms with Gasteiger partial charge in [-0.3, -0.25) is 4.98 Å². The number of hydrogen-bond donors (Lipinski definition) is 1. The first kappa shape index (κ1) is 12.4. The van der Waals surface area contributed by atoms with Crippen molar-refractivity contribution in [1.82, 2.24) is 4.98 Å². The molecule has 0 spiro atoms. The Kier molecular flexibility index (Phi) is 4.12. The Hall–Kier alpha value is -2.10. The molecule has 4 heteroatoms. The van der Waals surface area contributed by atoms with Crippen molar-refractivity contribution in [3.05, 3.63) is 54.1 Å². The van der Waals surface area contributed by atoms with Crippen LogP contribution in [0.2, 0.25) is 0 Å². The normalized spacial score (nSPS) is 10.1. The van der Waals surface area contributed by atoms with Crippen molar-refractivity contribution in [3.8, 4) is 5.75 Å². The topological polar surface area (TPSA) is 34.1 Å².